The minimum atomic E-state index is -0.475. The molecule has 0 aromatic heterocycles. The van der Waals surface area contributed by atoms with Crippen molar-refractivity contribution in [2.75, 3.05) is 0 Å². The monoisotopic (exact) mass is 282 g/mol. The van der Waals surface area contributed by atoms with Gasteiger partial charge in [-0.15, -0.1) is 0 Å². The Morgan fingerprint density at radius 2 is 1.81 bits per heavy atom. The highest BCUT2D eigenvalue weighted by Gasteiger charge is 2.11. The molecule has 3 N–H and O–H groups in total. The number of rotatable bonds is 4. The second-order valence-electron chi connectivity index (χ2n) is 4.81. The molecule has 0 radical (unpaired) electrons. The fourth-order valence-electron chi connectivity index (χ4n) is 1.83. The minimum absolute atomic E-state index is 0.145. The highest BCUT2D eigenvalue weighted by Crippen LogP contribution is 2.17. The van der Waals surface area contributed by atoms with Crippen molar-refractivity contribution in [1.29, 1.82) is 0 Å². The highest BCUT2D eigenvalue weighted by atomic mass is 16.5. The maximum absolute atomic E-state index is 11.8. The molecule has 0 bridgehead atoms. The van der Waals surface area contributed by atoms with E-state index in [1.54, 1.807) is 12.1 Å². The van der Waals surface area contributed by atoms with Crippen LogP contribution in [0.25, 0.3) is 6.08 Å². The number of nitrogens with one attached hydrogen (secondary N) is 1. The fourth-order valence-corrected chi connectivity index (χ4v) is 1.83. The first-order valence-electron chi connectivity index (χ1n) is 6.62. The largest absolute Gasteiger partial charge is 0.451 e. The quantitative estimate of drug-likeness (QED) is 0.298. The number of aryl methyl sites for hydroxylation is 2. The lowest BCUT2D eigenvalue weighted by molar-refractivity contribution is -0.119. The van der Waals surface area contributed by atoms with E-state index < -0.39 is 5.91 Å². The van der Waals surface area contributed by atoms with Crippen LogP contribution in [0.4, 0.5) is 0 Å². The zero-order valence-electron chi connectivity index (χ0n) is 12.1. The standard InChI is InChI=1S/C17H18N2O2/c1-12-6-8-14(9-7-12)11-16(17(20)19-18)21-15-5-3-4-13(2)10-15/h3-11H,18H2,1-2H3,(H,19,20)/b16-11-. The fraction of sp³-hybridized carbons (Fsp3) is 0.118. The van der Waals surface area contributed by atoms with Crippen molar-refractivity contribution in [3.63, 3.8) is 0 Å². The van der Waals surface area contributed by atoms with Gasteiger partial charge in [-0.3, -0.25) is 10.2 Å². The number of hydrogen-bond donors (Lipinski definition) is 2. The van der Waals surface area contributed by atoms with Gasteiger partial charge in [0.25, 0.3) is 0 Å². The molecule has 2 rings (SSSR count). The Morgan fingerprint density at radius 1 is 1.10 bits per heavy atom. The first kappa shape index (κ1) is 14.8. The maximum Gasteiger partial charge on any atom is 0.300 e. The Morgan fingerprint density at radius 3 is 2.43 bits per heavy atom. The van der Waals surface area contributed by atoms with Gasteiger partial charge in [-0.25, -0.2) is 5.84 Å². The second kappa shape index (κ2) is 6.72. The molecule has 0 aliphatic carbocycles. The van der Waals surface area contributed by atoms with E-state index in [2.05, 4.69) is 5.43 Å². The van der Waals surface area contributed by atoms with Crippen LogP contribution in [0, 0.1) is 13.8 Å². The molecule has 21 heavy (non-hydrogen) atoms. The van der Waals surface area contributed by atoms with Crippen molar-refractivity contribution in [1.82, 2.24) is 5.43 Å². The van der Waals surface area contributed by atoms with Crippen molar-refractivity contribution < 1.29 is 9.53 Å². The lowest BCUT2D eigenvalue weighted by atomic mass is 10.1. The zero-order valence-corrected chi connectivity index (χ0v) is 12.1. The Kier molecular flexibility index (Phi) is 4.74. The van der Waals surface area contributed by atoms with Gasteiger partial charge >= 0.3 is 5.91 Å². The molecule has 0 saturated carbocycles. The summed E-state index contributed by atoms with van der Waals surface area (Å²) in [6, 6.07) is 15.2. The SMILES string of the molecule is Cc1ccc(/C=C(\Oc2cccc(C)c2)C(=O)NN)cc1. The molecular formula is C17H18N2O2. The van der Waals surface area contributed by atoms with Crippen LogP contribution < -0.4 is 16.0 Å². The lowest BCUT2D eigenvalue weighted by Crippen LogP contribution is -2.33. The molecule has 4 nitrogen and oxygen atoms in total. The van der Waals surface area contributed by atoms with Crippen molar-refractivity contribution in [3.8, 4) is 5.75 Å². The van der Waals surface area contributed by atoms with Gasteiger partial charge in [0.15, 0.2) is 5.76 Å². The summed E-state index contributed by atoms with van der Waals surface area (Å²) in [6.45, 7) is 3.96. The molecule has 2 aromatic rings. The van der Waals surface area contributed by atoms with E-state index in [0.29, 0.717) is 5.75 Å². The molecule has 1 amide bonds. The first-order valence-corrected chi connectivity index (χ1v) is 6.62. The van der Waals surface area contributed by atoms with Crippen LogP contribution in [0.15, 0.2) is 54.3 Å². The molecule has 2 aromatic carbocycles. The summed E-state index contributed by atoms with van der Waals surface area (Å²) >= 11 is 0. The molecule has 0 saturated heterocycles. The molecule has 4 heteroatoms. The third-order valence-electron chi connectivity index (χ3n) is 2.95. The number of amides is 1. The molecule has 108 valence electrons. The molecule has 0 aliphatic heterocycles. The average Bonchev–Trinajstić information content (AvgIpc) is 2.48. The van der Waals surface area contributed by atoms with Crippen LogP contribution in [-0.4, -0.2) is 5.91 Å². The third-order valence-corrected chi connectivity index (χ3v) is 2.95. The normalized spacial score (nSPS) is 11.1. The number of hydrogen-bond acceptors (Lipinski definition) is 3. The average molecular weight is 282 g/mol. The summed E-state index contributed by atoms with van der Waals surface area (Å²) in [5, 5.41) is 0. The van der Waals surface area contributed by atoms with Crippen LogP contribution >= 0.6 is 0 Å². The van der Waals surface area contributed by atoms with Crippen LogP contribution in [-0.2, 0) is 4.79 Å². The number of ether oxygens (including phenoxy) is 1. The molecule has 0 heterocycles. The highest BCUT2D eigenvalue weighted by molar-refractivity contribution is 5.95. The van der Waals surface area contributed by atoms with Gasteiger partial charge in [0.1, 0.15) is 5.75 Å². The topological polar surface area (TPSA) is 64.3 Å². The van der Waals surface area contributed by atoms with Crippen molar-refractivity contribution >= 4 is 12.0 Å². The van der Waals surface area contributed by atoms with E-state index in [1.807, 2.05) is 56.3 Å². The molecule has 0 aliphatic rings. The van der Waals surface area contributed by atoms with Crippen LogP contribution in [0.2, 0.25) is 0 Å². The first-order chi connectivity index (χ1) is 10.1. The Bertz CT molecular complexity index is 661. The van der Waals surface area contributed by atoms with Crippen molar-refractivity contribution in [2.45, 2.75) is 13.8 Å². The Hall–Kier alpha value is -2.59. The number of carbonyl (C=O) groups excluding carboxylic acids is 1. The predicted octanol–water partition coefficient (Wildman–Crippen LogP) is 2.71. The summed E-state index contributed by atoms with van der Waals surface area (Å²) in [5.41, 5.74) is 5.17. The van der Waals surface area contributed by atoms with Gasteiger partial charge in [-0.05, 0) is 43.2 Å². The van der Waals surface area contributed by atoms with Gasteiger partial charge in [-0.1, -0.05) is 42.0 Å². The van der Waals surface area contributed by atoms with Gasteiger partial charge in [0.05, 0.1) is 0 Å². The third kappa shape index (κ3) is 4.19. The Balaban J connectivity index is 2.30. The molecular weight excluding hydrogens is 264 g/mol. The summed E-state index contributed by atoms with van der Waals surface area (Å²) in [7, 11) is 0. The zero-order chi connectivity index (χ0) is 15.2. The Labute approximate surface area is 124 Å². The van der Waals surface area contributed by atoms with E-state index in [9.17, 15) is 4.79 Å². The maximum atomic E-state index is 11.8. The van der Waals surface area contributed by atoms with E-state index in [-0.39, 0.29) is 5.76 Å². The molecule has 0 unspecified atom stereocenters. The molecule has 0 spiro atoms. The lowest BCUT2D eigenvalue weighted by Gasteiger charge is -2.09. The number of hydrazine groups is 1. The van der Waals surface area contributed by atoms with E-state index in [4.69, 9.17) is 10.6 Å². The van der Waals surface area contributed by atoms with Crippen molar-refractivity contribution in [2.24, 2.45) is 5.84 Å². The van der Waals surface area contributed by atoms with Gasteiger partial charge in [0, 0.05) is 0 Å². The summed E-state index contributed by atoms with van der Waals surface area (Å²) < 4.78 is 5.65. The number of carbonyl (C=O) groups is 1. The summed E-state index contributed by atoms with van der Waals surface area (Å²) in [6.07, 6.45) is 1.66. The van der Waals surface area contributed by atoms with Crippen LogP contribution in [0.1, 0.15) is 16.7 Å². The summed E-state index contributed by atoms with van der Waals surface area (Å²) in [4.78, 5) is 11.8. The second-order valence-corrected chi connectivity index (χ2v) is 4.81. The van der Waals surface area contributed by atoms with Gasteiger partial charge in [0.2, 0.25) is 0 Å². The minimum Gasteiger partial charge on any atom is -0.451 e. The van der Waals surface area contributed by atoms with E-state index in [0.717, 1.165) is 16.7 Å². The number of nitrogens with two attached hydrogens (primary N) is 1. The van der Waals surface area contributed by atoms with Crippen LogP contribution in [0.3, 0.4) is 0 Å². The van der Waals surface area contributed by atoms with Crippen molar-refractivity contribution in [3.05, 3.63) is 71.0 Å². The van der Waals surface area contributed by atoms with E-state index in [1.165, 1.54) is 0 Å². The molecule has 0 fully saturated rings. The predicted molar refractivity (Wildman–Crippen MR) is 83.3 cm³/mol. The van der Waals surface area contributed by atoms with Crippen LogP contribution in [0.5, 0.6) is 5.75 Å². The number of benzene rings is 2. The smallest absolute Gasteiger partial charge is 0.300 e. The van der Waals surface area contributed by atoms with Gasteiger partial charge < -0.3 is 4.74 Å². The summed E-state index contributed by atoms with van der Waals surface area (Å²) in [5.74, 6) is 5.48. The molecule has 0 atom stereocenters. The van der Waals surface area contributed by atoms with Gasteiger partial charge in [-0.2, -0.15) is 0 Å². The van der Waals surface area contributed by atoms with E-state index >= 15 is 0 Å².